The van der Waals surface area contributed by atoms with Gasteiger partial charge in [-0.05, 0) is 36.0 Å². The molecule has 33 heavy (non-hydrogen) atoms. The summed E-state index contributed by atoms with van der Waals surface area (Å²) in [6.07, 6.45) is 0.835. The third-order valence-corrected chi connectivity index (χ3v) is 7.16. The Morgan fingerprint density at radius 3 is 2.55 bits per heavy atom. The highest BCUT2D eigenvalue weighted by Gasteiger charge is 2.43. The zero-order valence-corrected chi connectivity index (χ0v) is 18.6. The van der Waals surface area contributed by atoms with E-state index in [9.17, 15) is 24.5 Å². The van der Waals surface area contributed by atoms with Crippen LogP contribution in [0.1, 0.15) is 47.8 Å². The Balaban J connectivity index is 1.41. The molecule has 1 aromatic carbocycles. The number of benzene rings is 1. The normalized spacial score (nSPS) is 22.2. The summed E-state index contributed by atoms with van der Waals surface area (Å²) < 4.78 is 1.51. The van der Waals surface area contributed by atoms with Crippen molar-refractivity contribution >= 4 is 17.5 Å². The number of nitrogens with zero attached hydrogens (tertiary/aromatic N) is 4. The van der Waals surface area contributed by atoms with Gasteiger partial charge in [0.15, 0.2) is 0 Å². The molecule has 0 N–H and O–H groups in total. The number of carbonyl (C=O) groups is 2. The maximum absolute atomic E-state index is 13.8. The molecule has 1 saturated heterocycles. The number of rotatable bonds is 4. The largest absolute Gasteiger partial charge is 0.340 e. The molecule has 0 saturated carbocycles. The molecule has 5 rings (SSSR count). The number of hydrogen-bond acceptors (Lipinski definition) is 5. The fraction of sp³-hybridized carbons (Fsp3) is 0.458. The summed E-state index contributed by atoms with van der Waals surface area (Å²) in [4.78, 5) is 53.5. The van der Waals surface area contributed by atoms with Gasteiger partial charge < -0.3 is 14.4 Å². The highest BCUT2D eigenvalue weighted by Crippen LogP contribution is 2.37. The summed E-state index contributed by atoms with van der Waals surface area (Å²) in [5.41, 5.74) is 1.34. The molecule has 3 atom stereocenters. The third kappa shape index (κ3) is 3.42. The van der Waals surface area contributed by atoms with Gasteiger partial charge in [0.2, 0.25) is 5.91 Å². The summed E-state index contributed by atoms with van der Waals surface area (Å²) in [6, 6.07) is 9.82. The minimum Gasteiger partial charge on any atom is -0.340 e. The zero-order chi connectivity index (χ0) is 23.4. The lowest BCUT2D eigenvalue weighted by Crippen LogP contribution is -2.56. The molecule has 2 bridgehead atoms. The Bertz CT molecular complexity index is 1220. The lowest BCUT2D eigenvalue weighted by molar-refractivity contribution is -0.386. The van der Waals surface area contributed by atoms with Gasteiger partial charge in [-0.15, -0.1) is 0 Å². The first-order valence-corrected chi connectivity index (χ1v) is 11.3. The number of fused-ring (bicyclic) bond motifs is 5. The molecule has 2 unspecified atom stereocenters. The van der Waals surface area contributed by atoms with E-state index in [1.54, 1.807) is 17.0 Å². The minimum absolute atomic E-state index is 0.0409. The second-order valence-electron chi connectivity index (χ2n) is 9.64. The molecule has 9 nitrogen and oxygen atoms in total. The number of amides is 2. The number of carbonyl (C=O) groups excluding carboxylic acids is 2. The molecule has 172 valence electrons. The number of nitro groups is 1. The Morgan fingerprint density at radius 2 is 1.85 bits per heavy atom. The summed E-state index contributed by atoms with van der Waals surface area (Å²) in [7, 11) is 0. The van der Waals surface area contributed by atoms with Crippen molar-refractivity contribution in [2.45, 2.75) is 45.3 Å². The number of hydrogen-bond donors (Lipinski definition) is 0. The van der Waals surface area contributed by atoms with Crippen LogP contribution in [0.15, 0.2) is 41.2 Å². The van der Waals surface area contributed by atoms with Crippen LogP contribution in [-0.2, 0) is 17.9 Å². The molecule has 0 aliphatic carbocycles. The highest BCUT2D eigenvalue weighted by atomic mass is 16.6. The molecular formula is C24H26N4O5. The van der Waals surface area contributed by atoms with Crippen LogP contribution in [-0.4, -0.2) is 50.2 Å². The molecule has 9 heteroatoms. The van der Waals surface area contributed by atoms with Crippen LogP contribution in [0.3, 0.4) is 0 Å². The molecule has 0 radical (unpaired) electrons. The zero-order valence-electron chi connectivity index (χ0n) is 18.6. The Morgan fingerprint density at radius 1 is 1.09 bits per heavy atom. The second kappa shape index (κ2) is 7.83. The van der Waals surface area contributed by atoms with Crippen LogP contribution in [0.25, 0.3) is 0 Å². The Labute approximate surface area is 190 Å². The van der Waals surface area contributed by atoms with Gasteiger partial charge in [0.1, 0.15) is 6.04 Å². The number of pyridine rings is 1. The first kappa shape index (κ1) is 21.4. The lowest BCUT2D eigenvalue weighted by atomic mass is 9.82. The van der Waals surface area contributed by atoms with Crippen molar-refractivity contribution in [2.24, 2.45) is 11.8 Å². The van der Waals surface area contributed by atoms with Crippen LogP contribution in [0, 0.1) is 22.0 Å². The van der Waals surface area contributed by atoms with Crippen LogP contribution >= 0.6 is 0 Å². The van der Waals surface area contributed by atoms with E-state index >= 15 is 0 Å². The van der Waals surface area contributed by atoms with E-state index in [1.807, 2.05) is 36.9 Å². The first-order chi connectivity index (χ1) is 15.8. The summed E-state index contributed by atoms with van der Waals surface area (Å²) >= 11 is 0. The summed E-state index contributed by atoms with van der Waals surface area (Å²) in [5, 5.41) is 11.2. The molecule has 3 aliphatic rings. The number of piperidine rings is 1. The van der Waals surface area contributed by atoms with Crippen molar-refractivity contribution in [2.75, 3.05) is 13.1 Å². The van der Waals surface area contributed by atoms with E-state index in [0.29, 0.717) is 31.7 Å². The smallest absolute Gasteiger partial charge is 0.334 e. The van der Waals surface area contributed by atoms with E-state index in [0.717, 1.165) is 17.7 Å². The van der Waals surface area contributed by atoms with Gasteiger partial charge in [0.05, 0.1) is 4.92 Å². The van der Waals surface area contributed by atoms with Crippen LogP contribution in [0.4, 0.5) is 5.69 Å². The first-order valence-electron chi connectivity index (χ1n) is 11.3. The highest BCUT2D eigenvalue weighted by molar-refractivity contribution is 6.01. The van der Waals surface area contributed by atoms with Gasteiger partial charge in [-0.1, -0.05) is 32.0 Å². The van der Waals surface area contributed by atoms with Crippen molar-refractivity contribution in [3.8, 4) is 0 Å². The summed E-state index contributed by atoms with van der Waals surface area (Å²) in [6.45, 7) is 5.60. The topological polar surface area (TPSA) is 106 Å². The van der Waals surface area contributed by atoms with Crippen molar-refractivity contribution in [3.05, 3.63) is 73.7 Å². The van der Waals surface area contributed by atoms with E-state index in [1.165, 1.54) is 10.6 Å². The molecule has 2 aromatic rings. The predicted molar refractivity (Wildman–Crippen MR) is 120 cm³/mol. The average molecular weight is 450 g/mol. The SMILES string of the molecule is CC(C)[C@@H](C(=O)N1CC2CC(C1)c1ccc([N+](=O)[O-])c(=O)n1C2)N1Cc2ccccc2C1=O. The molecule has 1 aromatic heterocycles. The van der Waals surface area contributed by atoms with Gasteiger partial charge in [-0.25, -0.2) is 0 Å². The Kier molecular flexibility index (Phi) is 5.07. The maximum atomic E-state index is 13.8. The van der Waals surface area contributed by atoms with E-state index < -0.39 is 22.2 Å². The minimum atomic E-state index is -0.645. The third-order valence-electron chi connectivity index (χ3n) is 7.16. The fourth-order valence-electron chi connectivity index (χ4n) is 5.72. The monoisotopic (exact) mass is 450 g/mol. The fourth-order valence-corrected chi connectivity index (χ4v) is 5.72. The van der Waals surface area contributed by atoms with E-state index in [4.69, 9.17) is 0 Å². The summed E-state index contributed by atoms with van der Waals surface area (Å²) in [5.74, 6) is -0.263. The van der Waals surface area contributed by atoms with E-state index in [-0.39, 0.29) is 29.6 Å². The van der Waals surface area contributed by atoms with Crippen molar-refractivity contribution in [3.63, 3.8) is 0 Å². The van der Waals surface area contributed by atoms with Crippen LogP contribution < -0.4 is 5.56 Å². The molecule has 1 fully saturated rings. The number of likely N-dealkylation sites (tertiary alicyclic amines) is 1. The maximum Gasteiger partial charge on any atom is 0.334 e. The molecule has 0 spiro atoms. The van der Waals surface area contributed by atoms with Crippen molar-refractivity contribution < 1.29 is 14.5 Å². The van der Waals surface area contributed by atoms with Gasteiger partial charge in [0, 0.05) is 49.4 Å². The number of aromatic nitrogens is 1. The Hall–Kier alpha value is -3.49. The second-order valence-corrected chi connectivity index (χ2v) is 9.64. The predicted octanol–water partition coefficient (Wildman–Crippen LogP) is 2.38. The average Bonchev–Trinajstić information content (AvgIpc) is 3.10. The van der Waals surface area contributed by atoms with Gasteiger partial charge in [-0.2, -0.15) is 0 Å². The van der Waals surface area contributed by atoms with Crippen molar-refractivity contribution in [1.82, 2.24) is 14.4 Å². The lowest BCUT2D eigenvalue weighted by Gasteiger charge is -2.44. The van der Waals surface area contributed by atoms with Gasteiger partial charge in [-0.3, -0.25) is 24.5 Å². The van der Waals surface area contributed by atoms with Crippen LogP contribution in [0.2, 0.25) is 0 Å². The van der Waals surface area contributed by atoms with E-state index in [2.05, 4.69) is 0 Å². The van der Waals surface area contributed by atoms with Crippen LogP contribution in [0.5, 0.6) is 0 Å². The molecule has 2 amide bonds. The van der Waals surface area contributed by atoms with Gasteiger partial charge in [0.25, 0.3) is 5.91 Å². The van der Waals surface area contributed by atoms with Gasteiger partial charge >= 0.3 is 11.2 Å². The van der Waals surface area contributed by atoms with Crippen molar-refractivity contribution in [1.29, 1.82) is 0 Å². The standard InChI is InChI=1S/C24H26N4O5/c1-14(2)21(27-13-16-5-3-4-6-18(16)22(27)29)24(31)25-10-15-9-17(12-25)19-7-8-20(28(32)33)23(30)26(19)11-15/h3-8,14-15,17,21H,9-13H2,1-2H3/t15?,17?,21-/m0/s1. The molecule has 3 aliphatic heterocycles. The quantitative estimate of drug-likeness (QED) is 0.525. The molecular weight excluding hydrogens is 424 g/mol. The molecule has 4 heterocycles.